The van der Waals surface area contributed by atoms with Crippen molar-refractivity contribution in [2.75, 3.05) is 32.2 Å². The smallest absolute Gasteiger partial charge is 0.141 e. The normalized spacial score (nSPS) is 12.2. The van der Waals surface area contributed by atoms with E-state index in [4.69, 9.17) is 9.47 Å². The van der Waals surface area contributed by atoms with Crippen molar-refractivity contribution in [1.82, 2.24) is 0 Å². The van der Waals surface area contributed by atoms with E-state index in [-0.39, 0.29) is 0 Å². The van der Waals surface area contributed by atoms with Crippen molar-refractivity contribution in [3.05, 3.63) is 24.3 Å². The van der Waals surface area contributed by atoms with Crippen molar-refractivity contribution >= 4 is 5.69 Å². The Morgan fingerprint density at radius 1 is 1.33 bits per heavy atom. The molecule has 18 heavy (non-hydrogen) atoms. The van der Waals surface area contributed by atoms with Crippen LogP contribution >= 0.6 is 0 Å². The summed E-state index contributed by atoms with van der Waals surface area (Å²) >= 11 is 0. The molecule has 0 saturated carbocycles. The van der Waals surface area contributed by atoms with Gasteiger partial charge in [-0.25, -0.2) is 0 Å². The number of para-hydroxylation sites is 2. The molecule has 1 rings (SSSR count). The third-order valence-electron chi connectivity index (χ3n) is 2.59. The van der Waals surface area contributed by atoms with E-state index < -0.39 is 6.10 Å². The molecule has 1 aromatic carbocycles. The van der Waals surface area contributed by atoms with Crippen molar-refractivity contribution < 1.29 is 14.6 Å². The van der Waals surface area contributed by atoms with Crippen LogP contribution in [0.1, 0.15) is 19.8 Å². The van der Waals surface area contributed by atoms with Crippen molar-refractivity contribution in [3.63, 3.8) is 0 Å². The zero-order valence-electron chi connectivity index (χ0n) is 11.2. The number of aliphatic hydroxyl groups is 1. The molecule has 1 aromatic rings. The second-order valence-electron chi connectivity index (χ2n) is 4.16. The zero-order chi connectivity index (χ0) is 13.2. The number of anilines is 1. The lowest BCUT2D eigenvalue weighted by Gasteiger charge is -2.15. The minimum atomic E-state index is -0.508. The van der Waals surface area contributed by atoms with Crippen LogP contribution in [0.5, 0.6) is 5.75 Å². The van der Waals surface area contributed by atoms with E-state index in [0.717, 1.165) is 24.3 Å². The van der Waals surface area contributed by atoms with Gasteiger partial charge in [0.25, 0.3) is 0 Å². The largest absolute Gasteiger partial charge is 0.495 e. The molecule has 0 radical (unpaired) electrons. The average Bonchev–Trinajstić information content (AvgIpc) is 2.41. The fourth-order valence-corrected chi connectivity index (χ4v) is 1.54. The molecule has 0 aliphatic rings. The Balaban J connectivity index is 2.26. The Bertz CT molecular complexity index is 331. The molecule has 0 aromatic heterocycles. The number of nitrogens with one attached hydrogen (secondary N) is 1. The van der Waals surface area contributed by atoms with Crippen LogP contribution in [0.2, 0.25) is 0 Å². The summed E-state index contributed by atoms with van der Waals surface area (Å²) in [5.41, 5.74) is 0.882. The van der Waals surface area contributed by atoms with Gasteiger partial charge >= 0.3 is 0 Å². The van der Waals surface area contributed by atoms with Crippen molar-refractivity contribution in [2.45, 2.75) is 25.9 Å². The van der Waals surface area contributed by atoms with Gasteiger partial charge in [0.15, 0.2) is 0 Å². The molecule has 1 atom stereocenters. The second-order valence-corrected chi connectivity index (χ2v) is 4.16. The summed E-state index contributed by atoms with van der Waals surface area (Å²) in [6.45, 7) is 3.64. The monoisotopic (exact) mass is 253 g/mol. The number of benzene rings is 1. The Morgan fingerprint density at radius 3 is 2.83 bits per heavy atom. The second kappa shape index (κ2) is 8.78. The van der Waals surface area contributed by atoms with E-state index in [9.17, 15) is 5.11 Å². The van der Waals surface area contributed by atoms with Crippen LogP contribution in [0, 0.1) is 0 Å². The van der Waals surface area contributed by atoms with Gasteiger partial charge in [0.2, 0.25) is 0 Å². The van der Waals surface area contributed by atoms with Gasteiger partial charge in [0, 0.05) is 13.2 Å². The lowest BCUT2D eigenvalue weighted by atomic mass is 10.2. The average molecular weight is 253 g/mol. The molecule has 0 fully saturated rings. The van der Waals surface area contributed by atoms with E-state index in [1.165, 1.54) is 0 Å². The highest BCUT2D eigenvalue weighted by Gasteiger charge is 2.06. The zero-order valence-corrected chi connectivity index (χ0v) is 11.2. The summed E-state index contributed by atoms with van der Waals surface area (Å²) in [4.78, 5) is 0. The minimum Gasteiger partial charge on any atom is -0.495 e. The molecule has 102 valence electrons. The lowest BCUT2D eigenvalue weighted by molar-refractivity contribution is 0.0421. The molecule has 4 nitrogen and oxygen atoms in total. The fourth-order valence-electron chi connectivity index (χ4n) is 1.54. The molecule has 1 unspecified atom stereocenters. The number of aliphatic hydroxyl groups excluding tert-OH is 1. The third kappa shape index (κ3) is 5.38. The van der Waals surface area contributed by atoms with Crippen LogP contribution < -0.4 is 10.1 Å². The van der Waals surface area contributed by atoms with E-state index >= 15 is 0 Å². The predicted octanol–water partition coefficient (Wildman–Crippen LogP) is 2.28. The molecule has 4 heteroatoms. The number of unbranched alkanes of at least 4 members (excludes halogenated alkanes) is 1. The minimum absolute atomic E-state index is 0.363. The molecule has 0 bridgehead atoms. The Kier molecular flexibility index (Phi) is 7.22. The Hall–Kier alpha value is -1.26. The quantitative estimate of drug-likeness (QED) is 0.663. The van der Waals surface area contributed by atoms with Crippen LogP contribution in [0.25, 0.3) is 0 Å². The van der Waals surface area contributed by atoms with Gasteiger partial charge in [0.05, 0.1) is 25.5 Å². The Morgan fingerprint density at radius 2 is 2.11 bits per heavy atom. The van der Waals surface area contributed by atoms with Crippen LogP contribution in [-0.2, 0) is 4.74 Å². The molecule has 2 N–H and O–H groups in total. The third-order valence-corrected chi connectivity index (χ3v) is 2.59. The van der Waals surface area contributed by atoms with Gasteiger partial charge in [-0.1, -0.05) is 25.5 Å². The van der Waals surface area contributed by atoms with Gasteiger partial charge in [-0.2, -0.15) is 0 Å². The summed E-state index contributed by atoms with van der Waals surface area (Å²) in [7, 11) is 1.63. The van der Waals surface area contributed by atoms with Gasteiger partial charge in [-0.15, -0.1) is 0 Å². The first-order valence-electron chi connectivity index (χ1n) is 6.40. The van der Waals surface area contributed by atoms with E-state index in [2.05, 4.69) is 12.2 Å². The number of hydrogen-bond donors (Lipinski definition) is 2. The van der Waals surface area contributed by atoms with Gasteiger partial charge in [-0.3, -0.25) is 0 Å². The summed E-state index contributed by atoms with van der Waals surface area (Å²) < 4.78 is 10.6. The molecule has 0 aliphatic heterocycles. The molecular weight excluding hydrogens is 230 g/mol. The van der Waals surface area contributed by atoms with E-state index in [1.807, 2.05) is 24.3 Å². The Labute approximate surface area is 109 Å². The number of ether oxygens (including phenoxy) is 2. The van der Waals surface area contributed by atoms with Gasteiger partial charge in [-0.05, 0) is 18.6 Å². The molecule has 0 amide bonds. The highest BCUT2D eigenvalue weighted by molar-refractivity contribution is 5.56. The van der Waals surface area contributed by atoms with Crippen LogP contribution in [-0.4, -0.2) is 38.1 Å². The summed E-state index contributed by atoms with van der Waals surface area (Å²) in [6, 6.07) is 7.64. The fraction of sp³-hybridized carbons (Fsp3) is 0.571. The van der Waals surface area contributed by atoms with Crippen LogP contribution in [0.4, 0.5) is 5.69 Å². The molecule has 0 heterocycles. The summed E-state index contributed by atoms with van der Waals surface area (Å²) in [6.07, 6.45) is 1.63. The molecule has 0 aliphatic carbocycles. The highest BCUT2D eigenvalue weighted by Crippen LogP contribution is 2.22. The molecule has 0 spiro atoms. The first-order valence-corrected chi connectivity index (χ1v) is 6.40. The van der Waals surface area contributed by atoms with Gasteiger partial charge in [0.1, 0.15) is 5.75 Å². The summed E-state index contributed by atoms with van der Waals surface area (Å²) in [5, 5.41) is 12.9. The number of methoxy groups -OCH3 is 1. The maximum atomic E-state index is 9.75. The molecular formula is C14H23NO3. The predicted molar refractivity (Wildman–Crippen MR) is 73.2 cm³/mol. The van der Waals surface area contributed by atoms with E-state index in [1.54, 1.807) is 7.11 Å². The highest BCUT2D eigenvalue weighted by atomic mass is 16.5. The standard InChI is InChI=1S/C14H23NO3/c1-3-4-9-18-11-12(16)10-15-13-7-5-6-8-14(13)17-2/h5-8,12,15-16H,3-4,9-11H2,1-2H3. The topological polar surface area (TPSA) is 50.7 Å². The number of rotatable bonds is 9. The van der Waals surface area contributed by atoms with E-state index in [0.29, 0.717) is 19.8 Å². The van der Waals surface area contributed by atoms with Crippen molar-refractivity contribution in [1.29, 1.82) is 0 Å². The maximum absolute atomic E-state index is 9.75. The van der Waals surface area contributed by atoms with Crippen LogP contribution in [0.3, 0.4) is 0 Å². The van der Waals surface area contributed by atoms with Crippen LogP contribution in [0.15, 0.2) is 24.3 Å². The van der Waals surface area contributed by atoms with Gasteiger partial charge < -0.3 is 19.9 Å². The molecule has 0 saturated heterocycles. The number of hydrogen-bond acceptors (Lipinski definition) is 4. The van der Waals surface area contributed by atoms with Crippen molar-refractivity contribution in [3.8, 4) is 5.75 Å². The first-order chi connectivity index (χ1) is 8.77. The maximum Gasteiger partial charge on any atom is 0.141 e. The van der Waals surface area contributed by atoms with Crippen molar-refractivity contribution in [2.24, 2.45) is 0 Å². The SMILES string of the molecule is CCCCOCC(O)CNc1ccccc1OC. The summed E-state index contributed by atoms with van der Waals surface area (Å²) in [5.74, 6) is 0.775. The lowest BCUT2D eigenvalue weighted by Crippen LogP contribution is -2.25. The first kappa shape index (κ1) is 14.8.